The highest BCUT2D eigenvalue weighted by Crippen LogP contribution is 2.33. The maximum absolute atomic E-state index is 12.5. The quantitative estimate of drug-likeness (QED) is 0.616. The van der Waals surface area contributed by atoms with E-state index in [2.05, 4.69) is 20.8 Å². The van der Waals surface area contributed by atoms with Crippen LogP contribution in [0.25, 0.3) is 0 Å². The first-order valence-corrected chi connectivity index (χ1v) is 9.16. The van der Waals surface area contributed by atoms with Crippen LogP contribution in [0.15, 0.2) is 24.3 Å². The number of nitrogens with zero attached hydrogens (tertiary/aromatic N) is 1. The summed E-state index contributed by atoms with van der Waals surface area (Å²) in [5, 5.41) is 0. The van der Waals surface area contributed by atoms with Crippen molar-refractivity contribution in [1.29, 1.82) is 0 Å². The summed E-state index contributed by atoms with van der Waals surface area (Å²) in [6.45, 7) is 6.30. The maximum atomic E-state index is 12.5. The lowest BCUT2D eigenvalue weighted by atomic mass is 10.1. The van der Waals surface area contributed by atoms with E-state index in [-0.39, 0.29) is 11.8 Å². The number of imide groups is 1. The molecule has 2 rings (SSSR count). The van der Waals surface area contributed by atoms with Gasteiger partial charge in [-0.15, -0.1) is 0 Å². The smallest absolute Gasteiger partial charge is 0.253 e. The molecule has 0 radical (unpaired) electrons. The van der Waals surface area contributed by atoms with Crippen molar-refractivity contribution < 1.29 is 9.59 Å². The minimum absolute atomic E-state index is 0.0761. The molecule has 1 aromatic carbocycles. The Morgan fingerprint density at radius 2 is 1.28 bits per heavy atom. The third kappa shape index (κ3) is 1.63. The van der Waals surface area contributed by atoms with Crippen molar-refractivity contribution in [1.82, 2.24) is 4.57 Å². The Kier molecular flexibility index (Phi) is 3.39. The Morgan fingerprint density at radius 1 is 0.889 bits per heavy atom. The van der Waals surface area contributed by atoms with Gasteiger partial charge < -0.3 is 4.57 Å². The highest BCUT2D eigenvalue weighted by molar-refractivity contribution is 6.82. The number of rotatable bonds is 4. The van der Waals surface area contributed by atoms with Crippen LogP contribution in [0.4, 0.5) is 0 Å². The second-order valence-electron chi connectivity index (χ2n) is 4.78. The number of fused-ring (bicyclic) bond motifs is 1. The van der Waals surface area contributed by atoms with Crippen molar-refractivity contribution in [3.8, 4) is 0 Å². The summed E-state index contributed by atoms with van der Waals surface area (Å²) < 4.78 is 1.62. The number of carbonyl (C=O) groups excluding carboxylic acids is 2. The number of benzene rings is 1. The molecule has 1 aliphatic heterocycles. The highest BCUT2D eigenvalue weighted by atomic mass is 28.3. The third-order valence-corrected chi connectivity index (χ3v) is 9.55. The molecule has 0 atom stereocenters. The van der Waals surface area contributed by atoms with Crippen LogP contribution in [-0.2, 0) is 0 Å². The Balaban J connectivity index is 2.51. The molecule has 2 amide bonds. The van der Waals surface area contributed by atoms with E-state index in [9.17, 15) is 9.59 Å². The lowest BCUT2D eigenvalue weighted by molar-refractivity contribution is 0.0749. The molecule has 0 aromatic heterocycles. The summed E-state index contributed by atoms with van der Waals surface area (Å²) in [7, 11) is -1.97. The monoisotopic (exact) mass is 261 g/mol. The largest absolute Gasteiger partial charge is 0.303 e. The molecular weight excluding hydrogens is 242 g/mol. The van der Waals surface area contributed by atoms with Crippen LogP contribution in [0.2, 0.25) is 18.1 Å². The van der Waals surface area contributed by atoms with Crippen LogP contribution in [0.5, 0.6) is 0 Å². The van der Waals surface area contributed by atoms with E-state index >= 15 is 0 Å². The number of hydrogen-bond acceptors (Lipinski definition) is 2. The maximum Gasteiger partial charge on any atom is 0.253 e. The van der Waals surface area contributed by atoms with Gasteiger partial charge in [0.05, 0.1) is 11.1 Å². The molecule has 0 spiro atoms. The average molecular weight is 261 g/mol. The molecule has 0 bridgehead atoms. The van der Waals surface area contributed by atoms with Gasteiger partial charge >= 0.3 is 0 Å². The van der Waals surface area contributed by atoms with Crippen LogP contribution in [0.3, 0.4) is 0 Å². The van der Waals surface area contributed by atoms with Gasteiger partial charge in [0.25, 0.3) is 11.8 Å². The summed E-state index contributed by atoms with van der Waals surface area (Å²) in [6, 6.07) is 9.97. The van der Waals surface area contributed by atoms with E-state index in [0.29, 0.717) is 11.1 Å². The Labute approximate surface area is 109 Å². The molecule has 0 saturated heterocycles. The summed E-state index contributed by atoms with van der Waals surface area (Å²) in [5.74, 6) is -0.152. The zero-order valence-electron chi connectivity index (χ0n) is 11.2. The first-order valence-electron chi connectivity index (χ1n) is 6.59. The average Bonchev–Trinajstić information content (AvgIpc) is 2.67. The zero-order valence-corrected chi connectivity index (χ0v) is 12.2. The molecule has 96 valence electrons. The summed E-state index contributed by atoms with van der Waals surface area (Å²) >= 11 is 0. The van der Waals surface area contributed by atoms with E-state index in [1.165, 1.54) is 0 Å². The topological polar surface area (TPSA) is 37.4 Å². The van der Waals surface area contributed by atoms with Crippen LogP contribution in [0.1, 0.15) is 41.5 Å². The van der Waals surface area contributed by atoms with E-state index in [0.717, 1.165) is 18.1 Å². The van der Waals surface area contributed by atoms with Gasteiger partial charge in [-0.2, -0.15) is 0 Å². The minimum Gasteiger partial charge on any atom is -0.303 e. The first-order chi connectivity index (χ1) is 8.61. The van der Waals surface area contributed by atoms with Gasteiger partial charge in [-0.1, -0.05) is 32.9 Å². The second-order valence-corrected chi connectivity index (χ2v) is 9.79. The van der Waals surface area contributed by atoms with Crippen molar-refractivity contribution in [3.05, 3.63) is 35.4 Å². The fourth-order valence-electron chi connectivity index (χ4n) is 2.84. The van der Waals surface area contributed by atoms with Gasteiger partial charge in [0.1, 0.15) is 0 Å². The van der Waals surface area contributed by atoms with Crippen molar-refractivity contribution in [2.45, 2.75) is 38.9 Å². The third-order valence-electron chi connectivity index (χ3n) is 4.24. The fourth-order valence-corrected chi connectivity index (χ4v) is 6.40. The van der Waals surface area contributed by atoms with Gasteiger partial charge in [-0.25, -0.2) is 0 Å². The molecular formula is C14H19NO2Si. The van der Waals surface area contributed by atoms with E-state index in [4.69, 9.17) is 0 Å². The molecule has 0 fully saturated rings. The standard InChI is InChI=1S/C14H19NO2Si/c1-4-18(5-2,6-3)15-13(16)11-9-7-8-10-12(11)14(15)17/h7-10H,4-6H2,1-3H3. The summed E-state index contributed by atoms with van der Waals surface area (Å²) in [5.41, 5.74) is 1.16. The van der Waals surface area contributed by atoms with Crippen molar-refractivity contribution >= 4 is 20.0 Å². The Morgan fingerprint density at radius 3 is 1.61 bits per heavy atom. The molecule has 1 aliphatic rings. The van der Waals surface area contributed by atoms with Crippen molar-refractivity contribution in [2.75, 3.05) is 0 Å². The molecule has 3 nitrogen and oxygen atoms in total. The lowest BCUT2D eigenvalue weighted by Crippen LogP contribution is -2.55. The van der Waals surface area contributed by atoms with Crippen LogP contribution in [-0.4, -0.2) is 24.6 Å². The predicted octanol–water partition coefficient (Wildman–Crippen LogP) is 3.29. The Hall–Kier alpha value is -1.42. The van der Waals surface area contributed by atoms with Crippen molar-refractivity contribution in [2.24, 2.45) is 0 Å². The van der Waals surface area contributed by atoms with Crippen molar-refractivity contribution in [3.63, 3.8) is 0 Å². The lowest BCUT2D eigenvalue weighted by Gasteiger charge is -2.36. The Bertz CT molecular complexity index is 451. The van der Waals surface area contributed by atoms with Gasteiger partial charge in [0.15, 0.2) is 8.24 Å². The summed E-state index contributed by atoms with van der Waals surface area (Å²) in [4.78, 5) is 24.9. The first kappa shape index (κ1) is 13.0. The molecule has 18 heavy (non-hydrogen) atoms. The van der Waals surface area contributed by atoms with Gasteiger partial charge in [0.2, 0.25) is 0 Å². The normalized spacial score (nSPS) is 15.2. The molecule has 0 saturated carbocycles. The van der Waals surface area contributed by atoms with Gasteiger partial charge in [-0.3, -0.25) is 9.59 Å². The number of carbonyl (C=O) groups is 2. The van der Waals surface area contributed by atoms with E-state index < -0.39 is 8.24 Å². The molecule has 0 aliphatic carbocycles. The van der Waals surface area contributed by atoms with E-state index in [1.54, 1.807) is 16.7 Å². The van der Waals surface area contributed by atoms with Crippen LogP contribution in [0, 0.1) is 0 Å². The number of hydrogen-bond donors (Lipinski definition) is 0. The molecule has 4 heteroatoms. The van der Waals surface area contributed by atoms with Gasteiger partial charge in [0, 0.05) is 0 Å². The fraction of sp³-hybridized carbons (Fsp3) is 0.429. The van der Waals surface area contributed by atoms with Crippen LogP contribution < -0.4 is 0 Å². The minimum atomic E-state index is -1.97. The molecule has 1 aromatic rings. The number of amides is 2. The molecule has 0 N–H and O–H groups in total. The zero-order chi connectivity index (χ0) is 13.3. The predicted molar refractivity (Wildman–Crippen MR) is 74.1 cm³/mol. The second kappa shape index (κ2) is 4.69. The van der Waals surface area contributed by atoms with Gasteiger partial charge in [-0.05, 0) is 30.3 Å². The van der Waals surface area contributed by atoms with E-state index in [1.807, 2.05) is 12.1 Å². The van der Waals surface area contributed by atoms with Crippen LogP contribution >= 0.6 is 0 Å². The molecule has 1 heterocycles. The SMILES string of the molecule is CC[Si](CC)(CC)N1C(=O)c2ccccc2C1=O. The summed E-state index contributed by atoms with van der Waals surface area (Å²) in [6.07, 6.45) is 0. The highest BCUT2D eigenvalue weighted by Gasteiger charge is 2.47. The molecule has 0 unspecified atom stereocenters.